The van der Waals surface area contributed by atoms with Crippen LogP contribution in [-0.2, 0) is 4.79 Å². The van der Waals surface area contributed by atoms with E-state index < -0.39 is 4.75 Å². The van der Waals surface area contributed by atoms with Crippen LogP contribution < -0.4 is 5.32 Å². The Morgan fingerprint density at radius 2 is 1.87 bits per heavy atom. The molecule has 1 aromatic rings. The Kier molecular flexibility index (Phi) is 7.71. The Labute approximate surface area is 150 Å². The molecule has 1 amide bonds. The lowest BCUT2D eigenvalue weighted by atomic mass is 10.1. The van der Waals surface area contributed by atoms with Gasteiger partial charge in [0.2, 0.25) is 5.91 Å². The van der Waals surface area contributed by atoms with Gasteiger partial charge in [-0.05, 0) is 18.9 Å². The number of hydrogen-bond acceptors (Lipinski definition) is 3. The highest BCUT2D eigenvalue weighted by Crippen LogP contribution is 2.32. The van der Waals surface area contributed by atoms with Gasteiger partial charge in [0.1, 0.15) is 0 Å². The summed E-state index contributed by atoms with van der Waals surface area (Å²) in [5, 5.41) is 3.07. The summed E-state index contributed by atoms with van der Waals surface area (Å²) in [6.07, 6.45) is 1.72. The highest BCUT2D eigenvalue weighted by atomic mass is 32.2. The van der Waals surface area contributed by atoms with Crippen LogP contribution in [0.15, 0.2) is 30.3 Å². The van der Waals surface area contributed by atoms with E-state index in [1.165, 1.54) is 11.8 Å². The number of nitrogens with zero attached hydrogens (tertiary/aromatic N) is 1. The van der Waals surface area contributed by atoms with Crippen molar-refractivity contribution < 1.29 is 9.28 Å². The Morgan fingerprint density at radius 1 is 1.26 bits per heavy atom. The molecule has 0 aliphatic rings. The Bertz CT molecular complexity index is 526. The molecular weight excluding hydrogens is 324 g/mol. The maximum atomic E-state index is 12.6. The number of carbonyl (C=O) groups is 1. The summed E-state index contributed by atoms with van der Waals surface area (Å²) in [5.41, 5.74) is 1.00. The van der Waals surface area contributed by atoms with Crippen LogP contribution in [0.2, 0.25) is 0 Å². The SMILES string of the molecule is CCC(C)(SC(=S)c1ccccc1)C(=O)NCCC[N+](C)(C)C. The van der Waals surface area contributed by atoms with Crippen molar-refractivity contribution in [3.8, 4) is 0 Å². The Morgan fingerprint density at radius 3 is 2.39 bits per heavy atom. The summed E-state index contributed by atoms with van der Waals surface area (Å²) >= 11 is 7.01. The van der Waals surface area contributed by atoms with Gasteiger partial charge in [0.05, 0.1) is 36.6 Å². The van der Waals surface area contributed by atoms with Crippen LogP contribution in [0, 0.1) is 0 Å². The molecule has 23 heavy (non-hydrogen) atoms. The molecule has 0 aliphatic heterocycles. The van der Waals surface area contributed by atoms with E-state index in [9.17, 15) is 4.79 Å². The van der Waals surface area contributed by atoms with Crippen LogP contribution in [0.25, 0.3) is 0 Å². The largest absolute Gasteiger partial charge is 0.355 e. The van der Waals surface area contributed by atoms with Crippen molar-refractivity contribution in [2.24, 2.45) is 0 Å². The van der Waals surface area contributed by atoms with Crippen molar-refractivity contribution in [2.75, 3.05) is 34.2 Å². The van der Waals surface area contributed by atoms with Crippen molar-refractivity contribution in [3.63, 3.8) is 0 Å². The summed E-state index contributed by atoms with van der Waals surface area (Å²) in [6, 6.07) is 9.89. The molecule has 0 fully saturated rings. The molecule has 1 rings (SSSR count). The van der Waals surface area contributed by atoms with Gasteiger partial charge in [-0.3, -0.25) is 4.79 Å². The molecule has 0 saturated heterocycles. The van der Waals surface area contributed by atoms with Crippen molar-refractivity contribution in [2.45, 2.75) is 31.4 Å². The number of benzene rings is 1. The molecule has 0 radical (unpaired) electrons. The van der Waals surface area contributed by atoms with Crippen molar-refractivity contribution in [3.05, 3.63) is 35.9 Å². The fraction of sp³-hybridized carbons (Fsp3) is 0.556. The van der Waals surface area contributed by atoms with Crippen molar-refractivity contribution in [1.82, 2.24) is 5.32 Å². The summed E-state index contributed by atoms with van der Waals surface area (Å²) in [6.45, 7) is 5.76. The first-order valence-electron chi connectivity index (χ1n) is 8.05. The van der Waals surface area contributed by atoms with Gasteiger partial charge < -0.3 is 9.80 Å². The minimum atomic E-state index is -0.524. The number of nitrogens with one attached hydrogen (secondary N) is 1. The molecule has 0 aromatic heterocycles. The van der Waals surface area contributed by atoms with Gasteiger partial charge in [0.15, 0.2) is 0 Å². The van der Waals surface area contributed by atoms with E-state index >= 15 is 0 Å². The number of rotatable bonds is 8. The lowest BCUT2D eigenvalue weighted by Gasteiger charge is -2.27. The first kappa shape index (κ1) is 20.1. The molecule has 0 bridgehead atoms. The van der Waals surface area contributed by atoms with Gasteiger partial charge in [-0.25, -0.2) is 0 Å². The summed E-state index contributed by atoms with van der Waals surface area (Å²) < 4.78 is 1.16. The summed E-state index contributed by atoms with van der Waals surface area (Å²) in [7, 11) is 6.48. The molecule has 1 aromatic carbocycles. The summed E-state index contributed by atoms with van der Waals surface area (Å²) in [4.78, 5) is 12.6. The van der Waals surface area contributed by atoms with Gasteiger partial charge in [0, 0.05) is 13.0 Å². The van der Waals surface area contributed by atoms with Crippen LogP contribution in [0.5, 0.6) is 0 Å². The third kappa shape index (κ3) is 7.02. The van der Waals surface area contributed by atoms with E-state index in [2.05, 4.69) is 26.5 Å². The molecule has 1 N–H and O–H groups in total. The Hall–Kier alpha value is -0.910. The maximum absolute atomic E-state index is 12.6. The predicted molar refractivity (Wildman–Crippen MR) is 105 cm³/mol. The molecule has 0 aliphatic carbocycles. The Balaban J connectivity index is 2.58. The van der Waals surface area contributed by atoms with Crippen molar-refractivity contribution >= 4 is 34.1 Å². The first-order valence-corrected chi connectivity index (χ1v) is 9.27. The third-order valence-electron chi connectivity index (χ3n) is 3.77. The van der Waals surface area contributed by atoms with Crippen LogP contribution in [0.1, 0.15) is 32.3 Å². The minimum Gasteiger partial charge on any atom is -0.355 e. The zero-order valence-electron chi connectivity index (χ0n) is 14.9. The molecule has 0 saturated carbocycles. The number of thioether (sulfide) groups is 1. The lowest BCUT2D eigenvalue weighted by Crippen LogP contribution is -2.44. The average Bonchev–Trinajstić information content (AvgIpc) is 2.51. The minimum absolute atomic E-state index is 0.0738. The van der Waals surface area contributed by atoms with E-state index in [1.807, 2.05) is 44.2 Å². The molecule has 128 valence electrons. The second kappa shape index (κ2) is 8.81. The fourth-order valence-corrected chi connectivity index (χ4v) is 3.72. The second-order valence-corrected chi connectivity index (χ2v) is 9.14. The standard InChI is InChI=1S/C18H28N2OS2/c1-6-18(2,17(21)19-13-10-14-20(3,4)5)23-16(22)15-11-8-7-9-12-15/h7-9,11-12H,6,10,13-14H2,1-5H3/p+1. The smallest absolute Gasteiger partial charge is 0.236 e. The van der Waals surface area contributed by atoms with E-state index in [1.54, 1.807) is 0 Å². The van der Waals surface area contributed by atoms with E-state index in [-0.39, 0.29) is 5.91 Å². The zero-order valence-corrected chi connectivity index (χ0v) is 16.5. The number of carbonyl (C=O) groups excluding carboxylic acids is 1. The highest BCUT2D eigenvalue weighted by molar-refractivity contribution is 8.25. The van der Waals surface area contributed by atoms with Gasteiger partial charge in [-0.15, -0.1) is 0 Å². The topological polar surface area (TPSA) is 29.1 Å². The monoisotopic (exact) mass is 353 g/mol. The number of quaternary nitrogens is 1. The van der Waals surface area contributed by atoms with Crippen LogP contribution in [0.3, 0.4) is 0 Å². The number of hydrogen-bond donors (Lipinski definition) is 1. The fourth-order valence-electron chi connectivity index (χ4n) is 2.06. The van der Waals surface area contributed by atoms with Gasteiger partial charge >= 0.3 is 0 Å². The zero-order chi connectivity index (χ0) is 17.5. The predicted octanol–water partition coefficient (Wildman–Crippen LogP) is 3.48. The molecule has 1 unspecified atom stereocenters. The van der Waals surface area contributed by atoms with Crippen LogP contribution in [0.4, 0.5) is 0 Å². The first-order chi connectivity index (χ1) is 10.7. The quantitative estimate of drug-likeness (QED) is 0.441. The summed E-state index contributed by atoms with van der Waals surface area (Å²) in [5.74, 6) is 0.0738. The van der Waals surface area contributed by atoms with Gasteiger partial charge in [0.25, 0.3) is 0 Å². The van der Waals surface area contributed by atoms with E-state index in [0.29, 0.717) is 6.54 Å². The molecule has 0 spiro atoms. The number of thiocarbonyl (C=S) groups is 1. The number of amides is 1. The van der Waals surface area contributed by atoms with Crippen LogP contribution >= 0.6 is 24.0 Å². The molecule has 1 atom stereocenters. The molecular formula is C18H29N2OS2+. The second-order valence-electron chi connectivity index (χ2n) is 6.96. The third-order valence-corrected chi connectivity index (χ3v) is 5.61. The van der Waals surface area contributed by atoms with Crippen LogP contribution in [-0.4, -0.2) is 53.6 Å². The average molecular weight is 354 g/mol. The lowest BCUT2D eigenvalue weighted by molar-refractivity contribution is -0.870. The maximum Gasteiger partial charge on any atom is 0.236 e. The normalized spacial score (nSPS) is 14.1. The van der Waals surface area contributed by atoms with Crippen molar-refractivity contribution in [1.29, 1.82) is 0 Å². The molecule has 5 heteroatoms. The van der Waals surface area contributed by atoms with E-state index in [0.717, 1.165) is 33.6 Å². The highest BCUT2D eigenvalue weighted by Gasteiger charge is 2.33. The van der Waals surface area contributed by atoms with Gasteiger partial charge in [-0.1, -0.05) is 61.2 Å². The molecule has 0 heterocycles. The van der Waals surface area contributed by atoms with E-state index in [4.69, 9.17) is 12.2 Å². The van der Waals surface area contributed by atoms with Gasteiger partial charge in [-0.2, -0.15) is 0 Å². The molecule has 3 nitrogen and oxygen atoms in total.